The number of rotatable bonds is 8. The standard InChI is InChI=1S/C22H30N2O4/c1-25-19-6-5-18(22(14-19)28-4)16-24-9-7-23(8-10-24)15-17-11-20(26-2)13-21(12-17)27-3/h5-6,11-14H,7-10,15-16H2,1-4H3. The molecule has 1 saturated heterocycles. The molecule has 0 saturated carbocycles. The molecule has 0 unspecified atom stereocenters. The summed E-state index contributed by atoms with van der Waals surface area (Å²) in [7, 11) is 6.75. The Kier molecular flexibility index (Phi) is 7.01. The Hall–Kier alpha value is -2.44. The second kappa shape index (κ2) is 9.66. The molecule has 3 rings (SSSR count). The van der Waals surface area contributed by atoms with E-state index in [1.165, 1.54) is 11.1 Å². The number of piperazine rings is 1. The van der Waals surface area contributed by atoms with Crippen molar-refractivity contribution >= 4 is 0 Å². The molecule has 0 amide bonds. The topological polar surface area (TPSA) is 43.4 Å². The van der Waals surface area contributed by atoms with Crippen molar-refractivity contribution in [2.24, 2.45) is 0 Å². The van der Waals surface area contributed by atoms with Crippen LogP contribution in [-0.2, 0) is 13.1 Å². The molecule has 0 aromatic heterocycles. The van der Waals surface area contributed by atoms with Gasteiger partial charge < -0.3 is 18.9 Å². The van der Waals surface area contributed by atoms with E-state index in [1.807, 2.05) is 18.2 Å². The Bertz CT molecular complexity index is 751. The third kappa shape index (κ3) is 5.09. The molecule has 2 aromatic carbocycles. The minimum atomic E-state index is 0.819. The summed E-state index contributed by atoms with van der Waals surface area (Å²) < 4.78 is 21.6. The Balaban J connectivity index is 1.56. The number of ether oxygens (including phenoxy) is 4. The van der Waals surface area contributed by atoms with E-state index in [-0.39, 0.29) is 0 Å². The van der Waals surface area contributed by atoms with Crippen molar-refractivity contribution in [1.82, 2.24) is 9.80 Å². The van der Waals surface area contributed by atoms with Crippen LogP contribution in [0.25, 0.3) is 0 Å². The summed E-state index contributed by atoms with van der Waals surface area (Å²) in [5.74, 6) is 3.36. The first-order valence-electron chi connectivity index (χ1n) is 9.52. The number of hydrogen-bond donors (Lipinski definition) is 0. The predicted molar refractivity (Wildman–Crippen MR) is 110 cm³/mol. The summed E-state index contributed by atoms with van der Waals surface area (Å²) in [6, 6.07) is 12.1. The molecule has 0 spiro atoms. The fraction of sp³-hybridized carbons (Fsp3) is 0.455. The maximum absolute atomic E-state index is 5.53. The molecule has 152 valence electrons. The number of hydrogen-bond acceptors (Lipinski definition) is 6. The lowest BCUT2D eigenvalue weighted by Crippen LogP contribution is -2.45. The van der Waals surface area contributed by atoms with Crippen LogP contribution in [0.4, 0.5) is 0 Å². The molecule has 2 aromatic rings. The summed E-state index contributed by atoms with van der Waals surface area (Å²) in [6.07, 6.45) is 0. The van der Waals surface area contributed by atoms with E-state index < -0.39 is 0 Å². The van der Waals surface area contributed by atoms with Gasteiger partial charge >= 0.3 is 0 Å². The lowest BCUT2D eigenvalue weighted by molar-refractivity contribution is 0.121. The van der Waals surface area contributed by atoms with Gasteiger partial charge in [-0.15, -0.1) is 0 Å². The molecular weight excluding hydrogens is 356 g/mol. The van der Waals surface area contributed by atoms with Crippen molar-refractivity contribution in [2.75, 3.05) is 54.6 Å². The van der Waals surface area contributed by atoms with Gasteiger partial charge in [-0.05, 0) is 23.8 Å². The lowest BCUT2D eigenvalue weighted by atomic mass is 10.1. The third-order valence-electron chi connectivity index (χ3n) is 5.17. The first-order valence-corrected chi connectivity index (χ1v) is 9.52. The highest BCUT2D eigenvalue weighted by Gasteiger charge is 2.19. The summed E-state index contributed by atoms with van der Waals surface area (Å²) in [4.78, 5) is 4.93. The largest absolute Gasteiger partial charge is 0.497 e. The average molecular weight is 386 g/mol. The van der Waals surface area contributed by atoms with E-state index in [0.29, 0.717) is 0 Å². The Morgan fingerprint density at radius 1 is 0.643 bits per heavy atom. The molecule has 1 fully saturated rings. The van der Waals surface area contributed by atoms with Gasteiger partial charge in [0.15, 0.2) is 0 Å². The molecule has 1 aliphatic heterocycles. The van der Waals surface area contributed by atoms with Gasteiger partial charge in [0, 0.05) is 57.0 Å². The van der Waals surface area contributed by atoms with Crippen LogP contribution in [0.5, 0.6) is 23.0 Å². The van der Waals surface area contributed by atoms with Crippen LogP contribution in [0.15, 0.2) is 36.4 Å². The molecule has 0 atom stereocenters. The van der Waals surface area contributed by atoms with Gasteiger partial charge in [0.25, 0.3) is 0 Å². The van der Waals surface area contributed by atoms with Crippen molar-refractivity contribution in [3.63, 3.8) is 0 Å². The smallest absolute Gasteiger partial charge is 0.127 e. The van der Waals surface area contributed by atoms with Gasteiger partial charge in [-0.2, -0.15) is 0 Å². The summed E-state index contributed by atoms with van der Waals surface area (Å²) in [5.41, 5.74) is 2.40. The molecule has 0 radical (unpaired) electrons. The number of benzene rings is 2. The van der Waals surface area contributed by atoms with E-state index in [9.17, 15) is 0 Å². The van der Waals surface area contributed by atoms with E-state index in [1.54, 1.807) is 28.4 Å². The highest BCUT2D eigenvalue weighted by molar-refractivity contribution is 5.41. The van der Waals surface area contributed by atoms with Crippen molar-refractivity contribution < 1.29 is 18.9 Å². The average Bonchev–Trinajstić information content (AvgIpc) is 2.75. The normalized spacial score (nSPS) is 15.3. The van der Waals surface area contributed by atoms with Gasteiger partial charge in [0.2, 0.25) is 0 Å². The Morgan fingerprint density at radius 2 is 1.21 bits per heavy atom. The fourth-order valence-corrected chi connectivity index (χ4v) is 3.54. The van der Waals surface area contributed by atoms with Crippen LogP contribution < -0.4 is 18.9 Å². The van der Waals surface area contributed by atoms with E-state index in [4.69, 9.17) is 18.9 Å². The van der Waals surface area contributed by atoms with E-state index in [2.05, 4.69) is 28.0 Å². The van der Waals surface area contributed by atoms with Gasteiger partial charge in [-0.25, -0.2) is 0 Å². The van der Waals surface area contributed by atoms with Gasteiger partial charge in [0.05, 0.1) is 28.4 Å². The van der Waals surface area contributed by atoms with Crippen molar-refractivity contribution in [1.29, 1.82) is 0 Å². The first-order chi connectivity index (χ1) is 13.6. The van der Waals surface area contributed by atoms with E-state index in [0.717, 1.165) is 62.3 Å². The number of nitrogens with zero attached hydrogens (tertiary/aromatic N) is 2. The lowest BCUT2D eigenvalue weighted by Gasteiger charge is -2.35. The molecule has 6 heteroatoms. The first kappa shape index (κ1) is 20.3. The third-order valence-corrected chi connectivity index (χ3v) is 5.17. The molecule has 0 N–H and O–H groups in total. The SMILES string of the molecule is COc1cc(CN2CCN(Cc3ccc(OC)cc3OC)CC2)cc(OC)c1. The van der Waals surface area contributed by atoms with Crippen LogP contribution in [0.2, 0.25) is 0 Å². The van der Waals surface area contributed by atoms with E-state index >= 15 is 0 Å². The zero-order chi connectivity index (χ0) is 19.9. The van der Waals surface area contributed by atoms with Gasteiger partial charge in [0.1, 0.15) is 23.0 Å². The monoisotopic (exact) mass is 386 g/mol. The maximum atomic E-state index is 5.53. The summed E-state index contributed by atoms with van der Waals surface area (Å²) in [6.45, 7) is 5.88. The molecule has 1 heterocycles. The molecule has 1 aliphatic rings. The second-order valence-electron chi connectivity index (χ2n) is 6.95. The van der Waals surface area contributed by atoms with Crippen LogP contribution in [0.1, 0.15) is 11.1 Å². The van der Waals surface area contributed by atoms with Crippen LogP contribution >= 0.6 is 0 Å². The molecule has 0 aliphatic carbocycles. The van der Waals surface area contributed by atoms with Crippen molar-refractivity contribution in [2.45, 2.75) is 13.1 Å². The Labute approximate surface area is 167 Å². The summed E-state index contributed by atoms with van der Waals surface area (Å²) in [5, 5.41) is 0. The van der Waals surface area contributed by atoms with Crippen LogP contribution in [0.3, 0.4) is 0 Å². The highest BCUT2D eigenvalue weighted by Crippen LogP contribution is 2.27. The predicted octanol–water partition coefficient (Wildman–Crippen LogP) is 3.04. The molecule has 28 heavy (non-hydrogen) atoms. The van der Waals surface area contributed by atoms with Crippen molar-refractivity contribution in [3.05, 3.63) is 47.5 Å². The molecular formula is C22H30N2O4. The molecule has 0 bridgehead atoms. The quantitative estimate of drug-likeness (QED) is 0.695. The molecule has 6 nitrogen and oxygen atoms in total. The minimum absolute atomic E-state index is 0.819. The maximum Gasteiger partial charge on any atom is 0.127 e. The number of methoxy groups -OCH3 is 4. The zero-order valence-corrected chi connectivity index (χ0v) is 17.2. The Morgan fingerprint density at radius 3 is 1.75 bits per heavy atom. The van der Waals surface area contributed by atoms with Crippen molar-refractivity contribution in [3.8, 4) is 23.0 Å². The van der Waals surface area contributed by atoms with Crippen LogP contribution in [0, 0.1) is 0 Å². The fourth-order valence-electron chi connectivity index (χ4n) is 3.54. The van der Waals surface area contributed by atoms with Gasteiger partial charge in [-0.3, -0.25) is 9.80 Å². The van der Waals surface area contributed by atoms with Gasteiger partial charge in [-0.1, -0.05) is 6.07 Å². The summed E-state index contributed by atoms with van der Waals surface area (Å²) >= 11 is 0. The van der Waals surface area contributed by atoms with Crippen LogP contribution in [-0.4, -0.2) is 64.4 Å². The zero-order valence-electron chi connectivity index (χ0n) is 17.2. The second-order valence-corrected chi connectivity index (χ2v) is 6.95. The minimum Gasteiger partial charge on any atom is -0.497 e. The highest BCUT2D eigenvalue weighted by atomic mass is 16.5.